The normalized spacial score (nSPS) is 11.1. The van der Waals surface area contributed by atoms with E-state index < -0.39 is 10.0 Å². The molecular weight excluding hydrogens is 332 g/mol. The molecule has 0 aromatic heterocycles. The molecule has 0 bridgehead atoms. The SMILES string of the molecule is Cc1ccccc1S(=O)(=O)Nc1ccc(N(C)c2ccccc2)cc1. The van der Waals surface area contributed by atoms with Gasteiger partial charge < -0.3 is 4.90 Å². The topological polar surface area (TPSA) is 49.4 Å². The summed E-state index contributed by atoms with van der Waals surface area (Å²) in [6.45, 7) is 1.78. The zero-order valence-electron chi connectivity index (χ0n) is 14.2. The molecule has 0 saturated carbocycles. The lowest BCUT2D eigenvalue weighted by Crippen LogP contribution is -2.14. The minimum Gasteiger partial charge on any atom is -0.345 e. The minimum absolute atomic E-state index is 0.292. The molecule has 0 aliphatic carbocycles. The second kappa shape index (κ2) is 6.99. The molecule has 0 atom stereocenters. The average Bonchev–Trinajstić information content (AvgIpc) is 2.62. The van der Waals surface area contributed by atoms with Gasteiger partial charge in [0, 0.05) is 24.1 Å². The van der Waals surface area contributed by atoms with Gasteiger partial charge in [0.15, 0.2) is 0 Å². The average molecular weight is 352 g/mol. The van der Waals surface area contributed by atoms with Crippen molar-refractivity contribution in [2.45, 2.75) is 11.8 Å². The van der Waals surface area contributed by atoms with Crippen molar-refractivity contribution in [2.24, 2.45) is 0 Å². The van der Waals surface area contributed by atoms with Crippen LogP contribution in [0.4, 0.5) is 17.1 Å². The van der Waals surface area contributed by atoms with Crippen LogP contribution in [-0.4, -0.2) is 15.5 Å². The summed E-state index contributed by atoms with van der Waals surface area (Å²) in [7, 11) is -1.62. The van der Waals surface area contributed by atoms with Gasteiger partial charge in [0.05, 0.1) is 4.90 Å². The molecule has 3 rings (SSSR count). The van der Waals surface area contributed by atoms with Gasteiger partial charge in [-0.1, -0.05) is 36.4 Å². The minimum atomic E-state index is -3.59. The lowest BCUT2D eigenvalue weighted by molar-refractivity contribution is 0.600. The summed E-state index contributed by atoms with van der Waals surface area (Å²) in [5, 5.41) is 0. The summed E-state index contributed by atoms with van der Waals surface area (Å²) in [5.74, 6) is 0. The number of aryl methyl sites for hydroxylation is 1. The van der Waals surface area contributed by atoms with E-state index in [0.29, 0.717) is 10.6 Å². The van der Waals surface area contributed by atoms with Gasteiger partial charge in [-0.2, -0.15) is 0 Å². The van der Waals surface area contributed by atoms with Crippen LogP contribution in [0.15, 0.2) is 83.8 Å². The maximum absolute atomic E-state index is 12.5. The molecular formula is C20H20N2O2S. The Hall–Kier alpha value is -2.79. The van der Waals surface area contributed by atoms with Crippen molar-refractivity contribution in [1.29, 1.82) is 0 Å². The monoisotopic (exact) mass is 352 g/mol. The molecule has 3 aromatic rings. The first-order valence-electron chi connectivity index (χ1n) is 7.95. The fourth-order valence-electron chi connectivity index (χ4n) is 2.62. The molecule has 0 aliphatic heterocycles. The molecule has 0 unspecified atom stereocenters. The summed E-state index contributed by atoms with van der Waals surface area (Å²) < 4.78 is 27.7. The number of hydrogen-bond acceptors (Lipinski definition) is 3. The molecule has 0 amide bonds. The highest BCUT2D eigenvalue weighted by atomic mass is 32.2. The van der Waals surface area contributed by atoms with Gasteiger partial charge in [0.2, 0.25) is 0 Å². The van der Waals surface area contributed by atoms with Gasteiger partial charge in [-0.3, -0.25) is 4.72 Å². The highest BCUT2D eigenvalue weighted by Crippen LogP contribution is 2.26. The molecule has 0 radical (unpaired) electrons. The Balaban J connectivity index is 1.80. The first-order valence-corrected chi connectivity index (χ1v) is 9.43. The van der Waals surface area contributed by atoms with Gasteiger partial charge in [0.25, 0.3) is 10.0 Å². The van der Waals surface area contributed by atoms with E-state index >= 15 is 0 Å². The zero-order valence-corrected chi connectivity index (χ0v) is 15.0. The van der Waals surface area contributed by atoms with E-state index in [4.69, 9.17) is 0 Å². The zero-order chi connectivity index (χ0) is 17.9. The Morgan fingerprint density at radius 1 is 0.760 bits per heavy atom. The Kier molecular flexibility index (Phi) is 4.76. The van der Waals surface area contributed by atoms with Gasteiger partial charge in [-0.05, 0) is 55.0 Å². The predicted octanol–water partition coefficient (Wildman–Crippen LogP) is 4.56. The number of sulfonamides is 1. The van der Waals surface area contributed by atoms with Crippen LogP contribution in [0.25, 0.3) is 0 Å². The number of para-hydroxylation sites is 1. The number of benzene rings is 3. The van der Waals surface area contributed by atoms with Crippen molar-refractivity contribution in [1.82, 2.24) is 0 Å². The molecule has 25 heavy (non-hydrogen) atoms. The van der Waals surface area contributed by atoms with E-state index in [2.05, 4.69) is 4.72 Å². The first kappa shape index (κ1) is 17.0. The fraction of sp³-hybridized carbons (Fsp3) is 0.100. The molecule has 128 valence electrons. The predicted molar refractivity (Wildman–Crippen MR) is 103 cm³/mol. The fourth-order valence-corrected chi connectivity index (χ4v) is 3.93. The summed E-state index contributed by atoms with van der Waals surface area (Å²) in [5.41, 5.74) is 3.30. The molecule has 0 aliphatic rings. The first-order chi connectivity index (χ1) is 12.0. The Labute approximate surface area is 148 Å². The molecule has 3 aromatic carbocycles. The molecule has 0 saturated heterocycles. The van der Waals surface area contributed by atoms with Crippen molar-refractivity contribution in [3.8, 4) is 0 Å². The van der Waals surface area contributed by atoms with Crippen LogP contribution in [0.5, 0.6) is 0 Å². The van der Waals surface area contributed by atoms with Crippen molar-refractivity contribution in [2.75, 3.05) is 16.7 Å². The lowest BCUT2D eigenvalue weighted by atomic mass is 10.2. The van der Waals surface area contributed by atoms with Gasteiger partial charge in [-0.25, -0.2) is 8.42 Å². The van der Waals surface area contributed by atoms with Crippen molar-refractivity contribution < 1.29 is 8.42 Å². The molecule has 0 heterocycles. The van der Waals surface area contributed by atoms with Crippen LogP contribution < -0.4 is 9.62 Å². The van der Waals surface area contributed by atoms with Crippen LogP contribution >= 0.6 is 0 Å². The summed E-state index contributed by atoms with van der Waals surface area (Å²) in [6, 6.07) is 24.2. The second-order valence-corrected chi connectivity index (χ2v) is 7.46. The molecule has 0 spiro atoms. The van der Waals surface area contributed by atoms with Crippen LogP contribution in [0, 0.1) is 6.92 Å². The standard InChI is InChI=1S/C20H20N2O2S/c1-16-8-6-7-11-20(16)25(23,24)21-17-12-14-19(15-13-17)22(2)18-9-4-3-5-10-18/h3-15,21H,1-2H3. The van der Waals surface area contributed by atoms with Crippen molar-refractivity contribution in [3.05, 3.63) is 84.4 Å². The van der Waals surface area contributed by atoms with Crippen LogP contribution in [-0.2, 0) is 10.0 Å². The van der Waals surface area contributed by atoms with Crippen LogP contribution in [0.2, 0.25) is 0 Å². The lowest BCUT2D eigenvalue weighted by Gasteiger charge is -2.20. The molecule has 1 N–H and O–H groups in total. The number of nitrogens with one attached hydrogen (secondary N) is 1. The number of nitrogens with zero attached hydrogens (tertiary/aromatic N) is 1. The third-order valence-corrected chi connectivity index (χ3v) is 5.57. The Bertz CT molecular complexity index is 953. The second-order valence-electron chi connectivity index (χ2n) is 5.81. The van der Waals surface area contributed by atoms with Crippen molar-refractivity contribution >= 4 is 27.1 Å². The maximum atomic E-state index is 12.5. The van der Waals surface area contributed by atoms with Crippen molar-refractivity contribution in [3.63, 3.8) is 0 Å². The van der Waals surface area contributed by atoms with Gasteiger partial charge in [-0.15, -0.1) is 0 Å². The summed E-state index contributed by atoms with van der Waals surface area (Å²) >= 11 is 0. The maximum Gasteiger partial charge on any atom is 0.262 e. The molecule has 0 fully saturated rings. The smallest absolute Gasteiger partial charge is 0.262 e. The van der Waals surface area contributed by atoms with E-state index in [1.165, 1.54) is 0 Å². The van der Waals surface area contributed by atoms with E-state index in [1.807, 2.05) is 60.5 Å². The molecule has 5 heteroatoms. The van der Waals surface area contributed by atoms with Crippen LogP contribution in [0.3, 0.4) is 0 Å². The largest absolute Gasteiger partial charge is 0.345 e. The summed E-state index contributed by atoms with van der Waals surface area (Å²) in [4.78, 5) is 2.33. The van der Waals surface area contributed by atoms with Gasteiger partial charge >= 0.3 is 0 Å². The van der Waals surface area contributed by atoms with Crippen LogP contribution in [0.1, 0.15) is 5.56 Å². The quantitative estimate of drug-likeness (QED) is 0.732. The van der Waals surface area contributed by atoms with E-state index in [0.717, 1.165) is 16.9 Å². The number of rotatable bonds is 5. The van der Waals surface area contributed by atoms with E-state index in [1.54, 1.807) is 37.3 Å². The van der Waals surface area contributed by atoms with E-state index in [9.17, 15) is 8.42 Å². The third kappa shape index (κ3) is 3.83. The summed E-state index contributed by atoms with van der Waals surface area (Å²) in [6.07, 6.45) is 0. The molecule has 4 nitrogen and oxygen atoms in total. The highest BCUT2D eigenvalue weighted by molar-refractivity contribution is 7.92. The van der Waals surface area contributed by atoms with Gasteiger partial charge in [0.1, 0.15) is 0 Å². The Morgan fingerprint density at radius 3 is 1.96 bits per heavy atom. The highest BCUT2D eigenvalue weighted by Gasteiger charge is 2.16. The Morgan fingerprint density at radius 2 is 1.32 bits per heavy atom. The van der Waals surface area contributed by atoms with E-state index in [-0.39, 0.29) is 0 Å². The number of anilines is 3. The number of hydrogen-bond donors (Lipinski definition) is 1. The third-order valence-electron chi connectivity index (χ3n) is 4.03.